The third-order valence-corrected chi connectivity index (χ3v) is 2.35. The number of carbonyl (C=O) groups excluding carboxylic acids is 1. The maximum absolute atomic E-state index is 12.7. The minimum Gasteiger partial charge on any atom is -0.298 e. The molecule has 1 nitrogen and oxygen atoms in total. The summed E-state index contributed by atoms with van der Waals surface area (Å²) in [5.41, 5.74) is -4.51. The van der Waals surface area contributed by atoms with E-state index in [1.807, 2.05) is 0 Å². The molecule has 1 aromatic carbocycles. The summed E-state index contributed by atoms with van der Waals surface area (Å²) in [4.78, 5) is 10.5. The SMILES string of the molecule is CCc1cc(C=O)cc(C(F)(F)F)c1C(F)(F)F. The monoisotopic (exact) mass is 270 g/mol. The van der Waals surface area contributed by atoms with Crippen LogP contribution >= 0.6 is 0 Å². The molecule has 7 heteroatoms. The summed E-state index contributed by atoms with van der Waals surface area (Å²) in [6, 6.07) is 1.04. The summed E-state index contributed by atoms with van der Waals surface area (Å²) in [7, 11) is 0. The van der Waals surface area contributed by atoms with Crippen molar-refractivity contribution in [3.63, 3.8) is 0 Å². The average molecular weight is 270 g/mol. The lowest BCUT2D eigenvalue weighted by atomic mass is 9.95. The number of benzene rings is 1. The van der Waals surface area contributed by atoms with E-state index in [0.29, 0.717) is 0 Å². The van der Waals surface area contributed by atoms with Crippen molar-refractivity contribution >= 4 is 6.29 Å². The normalized spacial score (nSPS) is 12.6. The zero-order chi connectivity index (χ0) is 14.1. The fourth-order valence-corrected chi connectivity index (χ4v) is 1.63. The van der Waals surface area contributed by atoms with Gasteiger partial charge in [-0.1, -0.05) is 6.92 Å². The molecule has 0 radical (unpaired) electrons. The number of hydrogen-bond acceptors (Lipinski definition) is 1. The molecule has 1 aromatic rings. The Labute approximate surface area is 98.4 Å². The van der Waals surface area contributed by atoms with Crippen molar-refractivity contribution in [2.45, 2.75) is 25.7 Å². The van der Waals surface area contributed by atoms with Crippen molar-refractivity contribution in [3.8, 4) is 0 Å². The second-order valence-electron chi connectivity index (χ2n) is 3.57. The number of rotatable bonds is 2. The van der Waals surface area contributed by atoms with Gasteiger partial charge < -0.3 is 0 Å². The molecule has 0 aliphatic rings. The third kappa shape index (κ3) is 2.83. The molecule has 0 atom stereocenters. The van der Waals surface area contributed by atoms with E-state index in [1.165, 1.54) is 6.92 Å². The molecule has 1 rings (SSSR count). The lowest BCUT2D eigenvalue weighted by molar-refractivity contribution is -0.162. The van der Waals surface area contributed by atoms with E-state index in [9.17, 15) is 31.1 Å². The van der Waals surface area contributed by atoms with E-state index < -0.39 is 34.6 Å². The van der Waals surface area contributed by atoms with E-state index >= 15 is 0 Å². The van der Waals surface area contributed by atoms with Crippen molar-refractivity contribution in [3.05, 3.63) is 34.4 Å². The fourth-order valence-electron chi connectivity index (χ4n) is 1.63. The summed E-state index contributed by atoms with van der Waals surface area (Å²) in [6.07, 6.45) is -10.4. The minimum atomic E-state index is -5.16. The van der Waals surface area contributed by atoms with Crippen LogP contribution in [0.25, 0.3) is 0 Å². The molecular weight excluding hydrogens is 262 g/mol. The molecule has 0 aliphatic carbocycles. The molecule has 0 aromatic heterocycles. The van der Waals surface area contributed by atoms with E-state index in [1.54, 1.807) is 0 Å². The van der Waals surface area contributed by atoms with Gasteiger partial charge in [0.1, 0.15) is 6.29 Å². The number of alkyl halides is 6. The highest BCUT2D eigenvalue weighted by Gasteiger charge is 2.44. The molecule has 0 fully saturated rings. The molecule has 0 heterocycles. The summed E-state index contributed by atoms with van der Waals surface area (Å²) >= 11 is 0. The number of hydrogen-bond donors (Lipinski definition) is 0. The van der Waals surface area contributed by atoms with Crippen LogP contribution in [-0.4, -0.2) is 6.29 Å². The molecule has 0 saturated heterocycles. The molecule has 100 valence electrons. The van der Waals surface area contributed by atoms with Gasteiger partial charge in [0.05, 0.1) is 11.1 Å². The van der Waals surface area contributed by atoms with Crippen LogP contribution in [0.3, 0.4) is 0 Å². The molecule has 0 amide bonds. The van der Waals surface area contributed by atoms with Crippen LogP contribution in [0.2, 0.25) is 0 Å². The second kappa shape index (κ2) is 4.62. The highest BCUT2D eigenvalue weighted by Crippen LogP contribution is 2.42. The van der Waals surface area contributed by atoms with Gasteiger partial charge >= 0.3 is 12.4 Å². The Balaban J connectivity index is 3.69. The van der Waals surface area contributed by atoms with E-state index in [-0.39, 0.29) is 18.8 Å². The molecular formula is C11H8F6O. The minimum absolute atomic E-state index is 0.0918. The van der Waals surface area contributed by atoms with Gasteiger partial charge in [0, 0.05) is 5.56 Å². The Morgan fingerprint density at radius 1 is 1.06 bits per heavy atom. The second-order valence-corrected chi connectivity index (χ2v) is 3.57. The molecule has 0 spiro atoms. The molecule has 0 bridgehead atoms. The van der Waals surface area contributed by atoms with E-state index in [4.69, 9.17) is 0 Å². The highest BCUT2D eigenvalue weighted by atomic mass is 19.4. The topological polar surface area (TPSA) is 17.1 Å². The number of halogens is 6. The maximum Gasteiger partial charge on any atom is 0.417 e. The standard InChI is InChI=1S/C11H8F6O/c1-2-7-3-6(5-18)4-8(10(12,13)14)9(7)11(15,16)17/h3-5H,2H2,1H3. The van der Waals surface area contributed by atoms with Crippen LogP contribution < -0.4 is 0 Å². The van der Waals surface area contributed by atoms with Crippen molar-refractivity contribution in [2.24, 2.45) is 0 Å². The van der Waals surface area contributed by atoms with Crippen LogP contribution in [0.4, 0.5) is 26.3 Å². The first kappa shape index (κ1) is 14.5. The van der Waals surface area contributed by atoms with Crippen LogP contribution in [0.5, 0.6) is 0 Å². The zero-order valence-corrected chi connectivity index (χ0v) is 9.12. The smallest absolute Gasteiger partial charge is 0.298 e. The lowest BCUT2D eigenvalue weighted by Gasteiger charge is -2.19. The van der Waals surface area contributed by atoms with E-state index in [2.05, 4.69) is 0 Å². The zero-order valence-electron chi connectivity index (χ0n) is 9.12. The predicted octanol–water partition coefficient (Wildman–Crippen LogP) is 4.10. The molecule has 18 heavy (non-hydrogen) atoms. The van der Waals surface area contributed by atoms with Crippen LogP contribution in [0, 0.1) is 0 Å². The first-order valence-electron chi connectivity index (χ1n) is 4.87. The van der Waals surface area contributed by atoms with E-state index in [0.717, 1.165) is 6.07 Å². The maximum atomic E-state index is 12.7. The summed E-state index contributed by atoms with van der Waals surface area (Å²) < 4.78 is 75.8. The van der Waals surface area contributed by atoms with Crippen molar-refractivity contribution in [1.82, 2.24) is 0 Å². The van der Waals surface area contributed by atoms with Crippen molar-refractivity contribution < 1.29 is 31.1 Å². The van der Waals surface area contributed by atoms with Gasteiger partial charge in [0.2, 0.25) is 0 Å². The first-order valence-corrected chi connectivity index (χ1v) is 4.87. The third-order valence-electron chi connectivity index (χ3n) is 2.35. The Kier molecular flexibility index (Phi) is 3.73. The largest absolute Gasteiger partial charge is 0.417 e. The van der Waals surface area contributed by atoms with Crippen LogP contribution in [-0.2, 0) is 18.8 Å². The Morgan fingerprint density at radius 3 is 1.94 bits per heavy atom. The van der Waals surface area contributed by atoms with Gasteiger partial charge in [-0.2, -0.15) is 26.3 Å². The summed E-state index contributed by atoms with van der Waals surface area (Å²) in [5.74, 6) is 0. The lowest BCUT2D eigenvalue weighted by Crippen LogP contribution is -2.19. The quantitative estimate of drug-likeness (QED) is 0.584. The van der Waals surface area contributed by atoms with Crippen molar-refractivity contribution in [2.75, 3.05) is 0 Å². The average Bonchev–Trinajstić information content (AvgIpc) is 2.24. The molecule has 0 N–H and O–H groups in total. The molecule has 0 aliphatic heterocycles. The molecule has 0 unspecified atom stereocenters. The highest BCUT2D eigenvalue weighted by molar-refractivity contribution is 5.76. The van der Waals surface area contributed by atoms with Crippen LogP contribution in [0.15, 0.2) is 12.1 Å². The van der Waals surface area contributed by atoms with Gasteiger partial charge in [0.25, 0.3) is 0 Å². The number of aryl methyl sites for hydroxylation is 1. The van der Waals surface area contributed by atoms with Gasteiger partial charge in [0.15, 0.2) is 0 Å². The number of aldehydes is 1. The van der Waals surface area contributed by atoms with Gasteiger partial charge in [-0.25, -0.2) is 0 Å². The molecule has 0 saturated carbocycles. The summed E-state index contributed by atoms with van der Waals surface area (Å²) in [6.45, 7) is 1.29. The Bertz CT molecular complexity index is 458. The summed E-state index contributed by atoms with van der Waals surface area (Å²) in [5, 5.41) is 0. The Hall–Kier alpha value is -1.53. The van der Waals surface area contributed by atoms with Gasteiger partial charge in [-0.3, -0.25) is 4.79 Å². The van der Waals surface area contributed by atoms with Gasteiger partial charge in [-0.05, 0) is 24.1 Å². The predicted molar refractivity (Wildman–Crippen MR) is 51.2 cm³/mol. The fraction of sp³-hybridized carbons (Fsp3) is 0.364. The van der Waals surface area contributed by atoms with Crippen LogP contribution in [0.1, 0.15) is 34.0 Å². The first-order chi connectivity index (χ1) is 8.11. The van der Waals surface area contributed by atoms with Gasteiger partial charge in [-0.15, -0.1) is 0 Å². The number of carbonyl (C=O) groups is 1. The Morgan fingerprint density at radius 2 is 1.61 bits per heavy atom. The van der Waals surface area contributed by atoms with Crippen molar-refractivity contribution in [1.29, 1.82) is 0 Å².